The first-order valence-electron chi connectivity index (χ1n) is 7.44. The Morgan fingerprint density at radius 2 is 2.21 bits per heavy atom. The quantitative estimate of drug-likeness (QED) is 0.600. The predicted octanol–water partition coefficient (Wildman–Crippen LogP) is 0.216. The summed E-state index contributed by atoms with van der Waals surface area (Å²) >= 11 is 4.78. The van der Waals surface area contributed by atoms with Gasteiger partial charge in [0, 0.05) is 12.0 Å². The number of hydrogen-bond acceptors (Lipinski definition) is 7. The van der Waals surface area contributed by atoms with Gasteiger partial charge in [-0.25, -0.2) is 4.68 Å². The van der Waals surface area contributed by atoms with Crippen LogP contribution in [0.25, 0.3) is 11.4 Å². The average molecular weight is 345 g/mol. The lowest BCUT2D eigenvalue weighted by Crippen LogP contribution is -2.39. The molecule has 0 aliphatic carbocycles. The first-order chi connectivity index (χ1) is 11.7. The first kappa shape index (κ1) is 15.1. The van der Waals surface area contributed by atoms with Crippen molar-refractivity contribution < 1.29 is 9.47 Å². The fraction of sp³-hybridized carbons (Fsp3) is 0.357. The molecule has 0 unspecified atom stereocenters. The SMILES string of the molecule is NC(=S)NN=C1C[C@@H](n2nnnc2-c2ccccc2)[C@@H]2CO[C@H]1O2. The maximum atomic E-state index is 5.88. The normalized spacial score (nSPS) is 27.3. The first-order valence-corrected chi connectivity index (χ1v) is 7.85. The summed E-state index contributed by atoms with van der Waals surface area (Å²) in [5.74, 6) is 0.677. The van der Waals surface area contributed by atoms with E-state index in [9.17, 15) is 0 Å². The smallest absolute Gasteiger partial charge is 0.199 e. The summed E-state index contributed by atoms with van der Waals surface area (Å²) in [5.41, 5.74) is 9.63. The fourth-order valence-corrected chi connectivity index (χ4v) is 2.95. The van der Waals surface area contributed by atoms with Gasteiger partial charge in [0.1, 0.15) is 6.10 Å². The van der Waals surface area contributed by atoms with Crippen molar-refractivity contribution in [2.75, 3.05) is 6.61 Å². The molecular weight excluding hydrogens is 330 g/mol. The second-order valence-corrected chi connectivity index (χ2v) is 5.94. The van der Waals surface area contributed by atoms with Gasteiger partial charge in [0.15, 0.2) is 17.2 Å². The summed E-state index contributed by atoms with van der Waals surface area (Å²) in [6, 6.07) is 9.63. The lowest BCUT2D eigenvalue weighted by molar-refractivity contribution is -0.0320. The molecule has 1 aromatic carbocycles. The molecule has 2 fully saturated rings. The lowest BCUT2D eigenvalue weighted by atomic mass is 10.0. The Bertz CT molecular complexity index is 778. The van der Waals surface area contributed by atoms with E-state index in [4.69, 9.17) is 27.4 Å². The summed E-state index contributed by atoms with van der Waals surface area (Å²) in [7, 11) is 0. The molecule has 0 saturated carbocycles. The third-order valence-electron chi connectivity index (χ3n) is 3.98. The Balaban J connectivity index is 1.66. The molecule has 0 radical (unpaired) electrons. The number of nitrogens with one attached hydrogen (secondary N) is 1. The lowest BCUT2D eigenvalue weighted by Gasteiger charge is -2.28. The number of benzene rings is 1. The molecule has 2 saturated heterocycles. The standard InChI is InChI=1S/C14H15N7O2S/c15-14(24)18-16-9-6-10(11-7-22-13(9)23-11)21-12(17-19-20-21)8-4-2-1-3-5-8/h1-5,10-11,13H,6-7H2,(H3,15,18,24)/t10-,11+,13+/m1/s1. The highest BCUT2D eigenvalue weighted by Crippen LogP contribution is 2.34. The van der Waals surface area contributed by atoms with Crippen LogP contribution in [0.5, 0.6) is 0 Å². The highest BCUT2D eigenvalue weighted by atomic mass is 32.1. The highest BCUT2D eigenvalue weighted by Gasteiger charge is 2.44. The van der Waals surface area contributed by atoms with Crippen molar-refractivity contribution in [2.45, 2.75) is 24.9 Å². The van der Waals surface area contributed by atoms with E-state index in [0.717, 1.165) is 5.56 Å². The number of rotatable bonds is 3. The van der Waals surface area contributed by atoms with Crippen LogP contribution in [-0.2, 0) is 9.47 Å². The number of hydrogen-bond donors (Lipinski definition) is 2. The minimum absolute atomic E-state index is 0.0894. The zero-order chi connectivity index (χ0) is 16.5. The van der Waals surface area contributed by atoms with Crippen LogP contribution in [0.2, 0.25) is 0 Å². The van der Waals surface area contributed by atoms with Crippen molar-refractivity contribution in [2.24, 2.45) is 10.8 Å². The number of fused-ring (bicyclic) bond motifs is 2. The van der Waals surface area contributed by atoms with Gasteiger partial charge >= 0.3 is 0 Å². The molecule has 2 aromatic rings. The van der Waals surface area contributed by atoms with Gasteiger partial charge in [-0.05, 0) is 22.6 Å². The van der Waals surface area contributed by atoms with E-state index in [0.29, 0.717) is 24.6 Å². The monoisotopic (exact) mass is 345 g/mol. The molecule has 10 heteroatoms. The van der Waals surface area contributed by atoms with E-state index < -0.39 is 6.29 Å². The Kier molecular flexibility index (Phi) is 3.92. The minimum Gasteiger partial charge on any atom is -0.375 e. The van der Waals surface area contributed by atoms with Crippen molar-refractivity contribution in [3.8, 4) is 11.4 Å². The van der Waals surface area contributed by atoms with Crippen molar-refractivity contribution >= 4 is 23.0 Å². The van der Waals surface area contributed by atoms with Gasteiger partial charge in [-0.3, -0.25) is 5.43 Å². The average Bonchev–Trinajstić information content (AvgIpc) is 3.23. The Hall–Kier alpha value is -2.43. The van der Waals surface area contributed by atoms with Crippen LogP contribution in [0, 0.1) is 0 Å². The van der Waals surface area contributed by atoms with E-state index in [1.54, 1.807) is 4.68 Å². The fourth-order valence-electron chi connectivity index (χ4n) is 2.90. The van der Waals surface area contributed by atoms with Crippen molar-refractivity contribution in [3.05, 3.63) is 30.3 Å². The van der Waals surface area contributed by atoms with Gasteiger partial charge in [0.05, 0.1) is 18.4 Å². The molecule has 124 valence electrons. The molecule has 3 heterocycles. The number of nitrogens with zero attached hydrogens (tertiary/aromatic N) is 5. The van der Waals surface area contributed by atoms with E-state index in [1.165, 1.54) is 0 Å². The van der Waals surface area contributed by atoms with Gasteiger partial charge < -0.3 is 15.2 Å². The number of aromatic nitrogens is 4. The Labute approximate surface area is 142 Å². The van der Waals surface area contributed by atoms with Crippen LogP contribution < -0.4 is 11.2 Å². The maximum Gasteiger partial charge on any atom is 0.199 e. The van der Waals surface area contributed by atoms with Crippen molar-refractivity contribution in [1.29, 1.82) is 0 Å². The van der Waals surface area contributed by atoms with Gasteiger partial charge in [-0.2, -0.15) is 5.10 Å². The molecule has 2 bridgehead atoms. The van der Waals surface area contributed by atoms with Crippen LogP contribution in [0.3, 0.4) is 0 Å². The Morgan fingerprint density at radius 3 is 3.00 bits per heavy atom. The van der Waals surface area contributed by atoms with Crippen molar-refractivity contribution in [1.82, 2.24) is 25.6 Å². The number of nitrogens with two attached hydrogens (primary N) is 1. The molecule has 2 aliphatic heterocycles. The topological polar surface area (TPSA) is 112 Å². The molecule has 9 nitrogen and oxygen atoms in total. The van der Waals surface area contributed by atoms with Crippen LogP contribution in [0.15, 0.2) is 35.4 Å². The zero-order valence-corrected chi connectivity index (χ0v) is 13.4. The number of tetrazole rings is 1. The number of ether oxygens (including phenoxy) is 2. The van der Waals surface area contributed by atoms with Gasteiger partial charge in [0.2, 0.25) is 0 Å². The largest absolute Gasteiger partial charge is 0.375 e. The van der Waals surface area contributed by atoms with E-state index in [-0.39, 0.29) is 17.3 Å². The summed E-state index contributed by atoms with van der Waals surface area (Å²) in [6.07, 6.45) is -0.0370. The van der Waals surface area contributed by atoms with Crippen LogP contribution >= 0.6 is 12.2 Å². The van der Waals surface area contributed by atoms with Gasteiger partial charge in [-0.1, -0.05) is 30.3 Å². The number of thiocarbonyl (C=S) groups is 1. The maximum absolute atomic E-state index is 5.88. The molecule has 4 rings (SSSR count). The van der Waals surface area contributed by atoms with E-state index in [2.05, 4.69) is 26.1 Å². The Morgan fingerprint density at radius 1 is 1.38 bits per heavy atom. The van der Waals surface area contributed by atoms with E-state index in [1.807, 2.05) is 30.3 Å². The van der Waals surface area contributed by atoms with Gasteiger partial charge in [0.25, 0.3) is 0 Å². The third kappa shape index (κ3) is 2.75. The summed E-state index contributed by atoms with van der Waals surface area (Å²) in [5, 5.41) is 16.4. The summed E-state index contributed by atoms with van der Waals surface area (Å²) in [4.78, 5) is 0. The molecule has 0 amide bonds. The second-order valence-electron chi connectivity index (χ2n) is 5.50. The zero-order valence-electron chi connectivity index (χ0n) is 12.6. The molecule has 0 spiro atoms. The van der Waals surface area contributed by atoms with Crippen LogP contribution in [0.1, 0.15) is 12.5 Å². The molecule has 1 aromatic heterocycles. The second kappa shape index (κ2) is 6.23. The molecule has 2 aliphatic rings. The highest BCUT2D eigenvalue weighted by molar-refractivity contribution is 7.80. The summed E-state index contributed by atoms with van der Waals surface area (Å²) < 4.78 is 13.3. The van der Waals surface area contributed by atoms with Crippen molar-refractivity contribution in [3.63, 3.8) is 0 Å². The molecule has 24 heavy (non-hydrogen) atoms. The predicted molar refractivity (Wildman–Crippen MR) is 88.9 cm³/mol. The third-order valence-corrected chi connectivity index (χ3v) is 4.07. The molecule has 3 atom stereocenters. The molecular formula is C14H15N7O2S. The van der Waals surface area contributed by atoms with Crippen LogP contribution in [0.4, 0.5) is 0 Å². The minimum atomic E-state index is -0.482. The number of hydrazone groups is 1. The van der Waals surface area contributed by atoms with Crippen LogP contribution in [-0.4, -0.2) is 50.0 Å². The molecule has 3 N–H and O–H groups in total. The summed E-state index contributed by atoms with van der Waals surface area (Å²) in [6.45, 7) is 0.454. The van der Waals surface area contributed by atoms with E-state index >= 15 is 0 Å². The van der Waals surface area contributed by atoms with Gasteiger partial charge in [-0.15, -0.1) is 5.10 Å².